The maximum Gasteiger partial charge on any atom is 0.309 e. The summed E-state index contributed by atoms with van der Waals surface area (Å²) < 4.78 is 33.5. The van der Waals surface area contributed by atoms with E-state index in [1.54, 1.807) is 18.4 Å². The first-order chi connectivity index (χ1) is 15.5. The Kier molecular flexibility index (Phi) is 7.97. The topological polar surface area (TPSA) is 84.0 Å². The Morgan fingerprint density at radius 2 is 1.73 bits per heavy atom. The van der Waals surface area contributed by atoms with Crippen molar-refractivity contribution in [2.45, 2.75) is 52.0 Å². The van der Waals surface area contributed by atoms with Crippen LogP contribution >= 0.6 is 11.3 Å². The van der Waals surface area contributed by atoms with Crippen molar-refractivity contribution in [2.75, 3.05) is 26.7 Å². The van der Waals surface area contributed by atoms with Crippen molar-refractivity contribution in [3.8, 4) is 0 Å². The van der Waals surface area contributed by atoms with E-state index in [0.717, 1.165) is 27.1 Å². The normalized spacial score (nSPS) is 15.4. The maximum atomic E-state index is 13.4. The summed E-state index contributed by atoms with van der Waals surface area (Å²) >= 11 is 1.56. The molecule has 7 nitrogen and oxygen atoms in total. The molecule has 0 unspecified atom stereocenters. The largest absolute Gasteiger partial charge is 0.455 e. The van der Waals surface area contributed by atoms with Gasteiger partial charge >= 0.3 is 5.97 Å². The lowest BCUT2D eigenvalue weighted by molar-refractivity contribution is -0.156. The molecule has 2 aromatic rings. The summed E-state index contributed by atoms with van der Waals surface area (Å²) in [6.45, 7) is 8.18. The fraction of sp³-hybridized carbons (Fsp3) is 0.500. The van der Waals surface area contributed by atoms with E-state index >= 15 is 0 Å². The Bertz CT molecular complexity index is 1090. The average molecular weight is 493 g/mol. The zero-order chi connectivity index (χ0) is 24.3. The number of carbonyl (C=O) groups is 2. The Hall–Kier alpha value is -2.23. The molecule has 1 aliphatic rings. The number of esters is 1. The zero-order valence-electron chi connectivity index (χ0n) is 19.9. The number of thiophene rings is 1. The van der Waals surface area contributed by atoms with Crippen LogP contribution in [0.3, 0.4) is 0 Å². The van der Waals surface area contributed by atoms with E-state index < -0.39 is 21.9 Å². The minimum atomic E-state index is -3.66. The highest BCUT2D eigenvalue weighted by Gasteiger charge is 2.35. The van der Waals surface area contributed by atoms with E-state index in [0.29, 0.717) is 24.3 Å². The minimum Gasteiger partial charge on any atom is -0.455 e. The van der Waals surface area contributed by atoms with Crippen molar-refractivity contribution < 1.29 is 22.7 Å². The number of carbonyl (C=O) groups excluding carboxylic acids is 2. The standard InChI is InChI=1S/C24H32N2O5S2/c1-16-13-17(2)19(4)23(18(16)3)33(29,30)26-10-8-20(9-11-26)24(28)31-15-22(27)25(5)14-21-7-6-12-32-21/h6-7,12-13,20H,8-11,14-15H2,1-5H3. The summed E-state index contributed by atoms with van der Waals surface area (Å²) in [6, 6.07) is 5.88. The fourth-order valence-corrected chi connectivity index (χ4v) is 6.92. The van der Waals surface area contributed by atoms with Gasteiger partial charge in [-0.15, -0.1) is 11.3 Å². The van der Waals surface area contributed by atoms with E-state index in [9.17, 15) is 18.0 Å². The van der Waals surface area contributed by atoms with Crippen LogP contribution in [0.4, 0.5) is 0 Å². The van der Waals surface area contributed by atoms with E-state index in [1.807, 2.05) is 51.3 Å². The zero-order valence-corrected chi connectivity index (χ0v) is 21.5. The molecule has 0 spiro atoms. The third-order valence-corrected chi connectivity index (χ3v) is 9.45. The van der Waals surface area contributed by atoms with Crippen molar-refractivity contribution in [3.63, 3.8) is 0 Å². The Morgan fingerprint density at radius 3 is 2.27 bits per heavy atom. The van der Waals surface area contributed by atoms with Crippen LogP contribution in [-0.4, -0.2) is 56.2 Å². The predicted octanol–water partition coefficient (Wildman–Crippen LogP) is 3.58. The lowest BCUT2D eigenvalue weighted by Crippen LogP contribution is -2.41. The molecule has 0 saturated carbocycles. The second kappa shape index (κ2) is 10.4. The monoisotopic (exact) mass is 492 g/mol. The Labute approximate surface area is 200 Å². The first-order valence-corrected chi connectivity index (χ1v) is 13.3. The molecule has 180 valence electrons. The number of aryl methyl sites for hydroxylation is 2. The SMILES string of the molecule is Cc1cc(C)c(C)c(S(=O)(=O)N2CCC(C(=O)OCC(=O)N(C)Cc3cccs3)CC2)c1C. The van der Waals surface area contributed by atoms with Gasteiger partial charge in [0.25, 0.3) is 5.91 Å². The number of hydrogen-bond donors (Lipinski definition) is 0. The van der Waals surface area contributed by atoms with Gasteiger partial charge in [0.1, 0.15) is 0 Å². The molecule has 1 aliphatic heterocycles. The quantitative estimate of drug-likeness (QED) is 0.552. The number of hydrogen-bond acceptors (Lipinski definition) is 6. The van der Waals surface area contributed by atoms with Gasteiger partial charge in [-0.1, -0.05) is 12.1 Å². The van der Waals surface area contributed by atoms with Gasteiger partial charge in [0.2, 0.25) is 10.0 Å². The van der Waals surface area contributed by atoms with Crippen molar-refractivity contribution >= 4 is 33.2 Å². The van der Waals surface area contributed by atoms with Crippen molar-refractivity contribution in [1.82, 2.24) is 9.21 Å². The molecule has 0 radical (unpaired) electrons. The van der Waals surface area contributed by atoms with Crippen molar-refractivity contribution in [1.29, 1.82) is 0 Å². The van der Waals surface area contributed by atoms with Crippen LogP contribution in [0, 0.1) is 33.6 Å². The number of rotatable bonds is 7. The molecule has 1 amide bonds. The van der Waals surface area contributed by atoms with Gasteiger partial charge in [0.05, 0.1) is 17.4 Å². The molecule has 0 atom stereocenters. The number of piperidine rings is 1. The summed E-state index contributed by atoms with van der Waals surface area (Å²) in [5.41, 5.74) is 3.43. The smallest absolute Gasteiger partial charge is 0.309 e. The van der Waals surface area contributed by atoms with Gasteiger partial charge in [0.15, 0.2) is 6.61 Å². The van der Waals surface area contributed by atoms with Crippen molar-refractivity contribution in [2.24, 2.45) is 5.92 Å². The van der Waals surface area contributed by atoms with Crippen LogP contribution in [0.1, 0.15) is 40.0 Å². The summed E-state index contributed by atoms with van der Waals surface area (Å²) in [6.07, 6.45) is 0.750. The molecule has 1 saturated heterocycles. The van der Waals surface area contributed by atoms with Gasteiger partial charge in [0, 0.05) is 25.0 Å². The number of ether oxygens (including phenoxy) is 1. The van der Waals surface area contributed by atoms with Crippen LogP contribution in [0.5, 0.6) is 0 Å². The summed E-state index contributed by atoms with van der Waals surface area (Å²) in [5.74, 6) is -1.12. The highest BCUT2D eigenvalue weighted by Crippen LogP contribution is 2.31. The number of benzene rings is 1. The van der Waals surface area contributed by atoms with Crippen LogP contribution in [0.2, 0.25) is 0 Å². The first-order valence-electron chi connectivity index (χ1n) is 11.0. The molecule has 2 heterocycles. The van der Waals surface area contributed by atoms with Crippen LogP contribution in [0.15, 0.2) is 28.5 Å². The Morgan fingerprint density at radius 1 is 1.12 bits per heavy atom. The molecule has 3 rings (SSSR count). The average Bonchev–Trinajstić information content (AvgIpc) is 3.29. The highest BCUT2D eigenvalue weighted by molar-refractivity contribution is 7.89. The molecule has 1 aromatic heterocycles. The van der Waals surface area contributed by atoms with Crippen LogP contribution in [0.25, 0.3) is 0 Å². The lowest BCUT2D eigenvalue weighted by Gasteiger charge is -2.31. The van der Waals surface area contributed by atoms with Gasteiger partial charge in [-0.05, 0) is 74.2 Å². The number of amides is 1. The van der Waals surface area contributed by atoms with E-state index in [2.05, 4.69) is 0 Å². The molecular formula is C24H32N2O5S2. The number of nitrogens with zero attached hydrogens (tertiary/aromatic N) is 2. The molecule has 1 fully saturated rings. The third kappa shape index (κ3) is 5.65. The molecule has 33 heavy (non-hydrogen) atoms. The molecule has 1 aromatic carbocycles. The van der Waals surface area contributed by atoms with Gasteiger partial charge in [-0.25, -0.2) is 8.42 Å². The highest BCUT2D eigenvalue weighted by atomic mass is 32.2. The Balaban J connectivity index is 1.56. The van der Waals surface area contributed by atoms with E-state index in [4.69, 9.17) is 4.74 Å². The lowest BCUT2D eigenvalue weighted by atomic mass is 9.98. The first kappa shape index (κ1) is 25.4. The second-order valence-corrected chi connectivity index (χ2v) is 11.6. The molecular weight excluding hydrogens is 460 g/mol. The molecule has 0 aliphatic carbocycles. The predicted molar refractivity (Wildman–Crippen MR) is 129 cm³/mol. The fourth-order valence-electron chi connectivity index (χ4n) is 4.11. The maximum absolute atomic E-state index is 13.4. The number of likely N-dealkylation sites (N-methyl/N-ethyl adjacent to an activating group) is 1. The summed E-state index contributed by atoms with van der Waals surface area (Å²) in [7, 11) is -1.98. The van der Waals surface area contributed by atoms with Gasteiger partial charge in [-0.2, -0.15) is 4.31 Å². The van der Waals surface area contributed by atoms with Gasteiger partial charge < -0.3 is 9.64 Å². The molecule has 0 bridgehead atoms. The van der Waals surface area contributed by atoms with E-state index in [1.165, 1.54) is 9.21 Å². The summed E-state index contributed by atoms with van der Waals surface area (Å²) in [4.78, 5) is 27.8. The van der Waals surface area contributed by atoms with Crippen molar-refractivity contribution in [3.05, 3.63) is 50.7 Å². The van der Waals surface area contributed by atoms with Crippen LogP contribution < -0.4 is 0 Å². The molecule has 0 N–H and O–H groups in total. The minimum absolute atomic E-state index is 0.250. The second-order valence-electron chi connectivity index (χ2n) is 8.70. The summed E-state index contributed by atoms with van der Waals surface area (Å²) in [5, 5.41) is 1.95. The third-order valence-electron chi connectivity index (χ3n) is 6.42. The van der Waals surface area contributed by atoms with Crippen LogP contribution in [-0.2, 0) is 30.9 Å². The number of sulfonamides is 1. The van der Waals surface area contributed by atoms with E-state index in [-0.39, 0.29) is 25.6 Å². The van der Waals surface area contributed by atoms with Gasteiger partial charge in [-0.3, -0.25) is 9.59 Å². The molecule has 9 heteroatoms.